The van der Waals surface area contributed by atoms with Crippen LogP contribution in [0.3, 0.4) is 0 Å². The predicted octanol–water partition coefficient (Wildman–Crippen LogP) is 1.94. The molecule has 0 spiro atoms. The van der Waals surface area contributed by atoms with Gasteiger partial charge in [-0.3, -0.25) is 4.90 Å². The highest BCUT2D eigenvalue weighted by atomic mass is 16.5. The second kappa shape index (κ2) is 8.38. The Morgan fingerprint density at radius 2 is 2.09 bits per heavy atom. The molecule has 4 amide bonds. The molecule has 2 rings (SSSR count). The van der Waals surface area contributed by atoms with Crippen LogP contribution in [0.5, 0.6) is 0 Å². The zero-order valence-electron chi connectivity index (χ0n) is 13.6. The van der Waals surface area contributed by atoms with E-state index >= 15 is 0 Å². The molecule has 23 heavy (non-hydrogen) atoms. The predicted molar refractivity (Wildman–Crippen MR) is 90.1 cm³/mol. The van der Waals surface area contributed by atoms with E-state index in [1.165, 1.54) is 0 Å². The molecular formula is C16H24N4O3. The average Bonchev–Trinajstić information content (AvgIpc) is 2.95. The molecule has 1 aromatic carbocycles. The van der Waals surface area contributed by atoms with Crippen LogP contribution in [0.15, 0.2) is 18.2 Å². The third kappa shape index (κ3) is 4.59. The molecule has 0 bridgehead atoms. The van der Waals surface area contributed by atoms with Gasteiger partial charge in [-0.25, -0.2) is 9.59 Å². The Morgan fingerprint density at radius 3 is 2.83 bits per heavy atom. The summed E-state index contributed by atoms with van der Waals surface area (Å²) in [4.78, 5) is 25.6. The van der Waals surface area contributed by atoms with Gasteiger partial charge in [0, 0.05) is 31.9 Å². The molecule has 0 saturated heterocycles. The molecule has 1 heterocycles. The van der Waals surface area contributed by atoms with Crippen LogP contribution in [-0.2, 0) is 11.2 Å². The number of urea groups is 2. The van der Waals surface area contributed by atoms with Crippen molar-refractivity contribution in [2.24, 2.45) is 0 Å². The van der Waals surface area contributed by atoms with E-state index < -0.39 is 0 Å². The lowest BCUT2D eigenvalue weighted by Crippen LogP contribution is -2.38. The Balaban J connectivity index is 1.96. The van der Waals surface area contributed by atoms with Crippen LogP contribution in [0.25, 0.3) is 0 Å². The zero-order valence-corrected chi connectivity index (χ0v) is 13.6. The van der Waals surface area contributed by atoms with Gasteiger partial charge in [-0.05, 0) is 38.0 Å². The van der Waals surface area contributed by atoms with Crippen molar-refractivity contribution in [1.82, 2.24) is 10.6 Å². The number of hydrogen-bond donors (Lipinski definition) is 3. The summed E-state index contributed by atoms with van der Waals surface area (Å²) in [6, 6.07) is 5.24. The van der Waals surface area contributed by atoms with E-state index in [-0.39, 0.29) is 12.1 Å². The summed E-state index contributed by atoms with van der Waals surface area (Å²) in [7, 11) is 0. The third-order valence-electron chi connectivity index (χ3n) is 3.55. The molecule has 7 nitrogen and oxygen atoms in total. The molecule has 0 unspecified atom stereocenters. The van der Waals surface area contributed by atoms with Crippen molar-refractivity contribution >= 4 is 23.4 Å². The maximum atomic E-state index is 12.0. The molecule has 0 atom stereocenters. The lowest BCUT2D eigenvalue weighted by molar-refractivity contribution is 0.150. The highest BCUT2D eigenvalue weighted by Gasteiger charge is 2.24. The molecule has 126 valence electrons. The summed E-state index contributed by atoms with van der Waals surface area (Å²) < 4.78 is 5.16. The van der Waals surface area contributed by atoms with Gasteiger partial charge in [-0.15, -0.1) is 0 Å². The number of hydrogen-bond acceptors (Lipinski definition) is 3. The number of carbonyl (C=O) groups excluding carboxylic acids is 2. The Bertz CT molecular complexity index is 562. The smallest absolute Gasteiger partial charge is 0.321 e. The minimum Gasteiger partial charge on any atom is -0.380 e. The Kier molecular flexibility index (Phi) is 6.22. The van der Waals surface area contributed by atoms with Gasteiger partial charge in [0.15, 0.2) is 0 Å². The SMILES string of the molecule is CCNC(=O)N1CCc2ccc(NC(=O)NCCOCC)cc21. The highest BCUT2D eigenvalue weighted by molar-refractivity contribution is 5.96. The second-order valence-electron chi connectivity index (χ2n) is 5.16. The fourth-order valence-electron chi connectivity index (χ4n) is 2.47. The number of nitrogens with one attached hydrogen (secondary N) is 3. The molecule has 1 aliphatic heterocycles. The topological polar surface area (TPSA) is 82.7 Å². The first kappa shape index (κ1) is 17.1. The van der Waals surface area contributed by atoms with Crippen molar-refractivity contribution in [3.8, 4) is 0 Å². The molecule has 0 radical (unpaired) electrons. The van der Waals surface area contributed by atoms with Crippen molar-refractivity contribution in [2.45, 2.75) is 20.3 Å². The third-order valence-corrected chi connectivity index (χ3v) is 3.55. The minimum absolute atomic E-state index is 0.107. The second-order valence-corrected chi connectivity index (χ2v) is 5.16. The first-order valence-electron chi connectivity index (χ1n) is 7.96. The average molecular weight is 320 g/mol. The quantitative estimate of drug-likeness (QED) is 0.701. The van der Waals surface area contributed by atoms with Crippen LogP contribution < -0.4 is 20.9 Å². The first-order valence-corrected chi connectivity index (χ1v) is 7.96. The number of amides is 4. The van der Waals surface area contributed by atoms with Gasteiger partial charge in [0.1, 0.15) is 0 Å². The minimum atomic E-state index is -0.285. The number of fused-ring (bicyclic) bond motifs is 1. The summed E-state index contributed by atoms with van der Waals surface area (Å²) >= 11 is 0. The van der Waals surface area contributed by atoms with E-state index in [1.54, 1.807) is 4.90 Å². The maximum Gasteiger partial charge on any atom is 0.321 e. The molecule has 1 aliphatic rings. The summed E-state index contributed by atoms with van der Waals surface area (Å²) in [6.45, 7) is 6.61. The number of benzene rings is 1. The standard InChI is InChI=1S/C16H24N4O3/c1-3-17-16(22)20-9-7-12-5-6-13(11-14(12)20)19-15(21)18-8-10-23-4-2/h5-6,11H,3-4,7-10H2,1-2H3,(H,17,22)(H2,18,19,21). The van der Waals surface area contributed by atoms with E-state index in [1.807, 2.05) is 32.0 Å². The van der Waals surface area contributed by atoms with E-state index in [9.17, 15) is 9.59 Å². The summed E-state index contributed by atoms with van der Waals surface area (Å²) in [5, 5.41) is 8.30. The summed E-state index contributed by atoms with van der Waals surface area (Å²) in [5.74, 6) is 0. The summed E-state index contributed by atoms with van der Waals surface area (Å²) in [6.07, 6.45) is 0.827. The molecule has 0 fully saturated rings. The zero-order chi connectivity index (χ0) is 16.7. The van der Waals surface area contributed by atoms with Crippen molar-refractivity contribution in [2.75, 3.05) is 43.1 Å². The van der Waals surface area contributed by atoms with Crippen LogP contribution in [-0.4, -0.2) is 44.9 Å². The van der Waals surface area contributed by atoms with Crippen molar-refractivity contribution in [3.05, 3.63) is 23.8 Å². The number of ether oxygens (including phenoxy) is 1. The van der Waals surface area contributed by atoms with E-state index in [2.05, 4.69) is 16.0 Å². The number of rotatable bonds is 6. The normalized spacial score (nSPS) is 12.7. The lowest BCUT2D eigenvalue weighted by atomic mass is 10.1. The van der Waals surface area contributed by atoms with Crippen molar-refractivity contribution in [3.63, 3.8) is 0 Å². The Hall–Kier alpha value is -2.28. The van der Waals surface area contributed by atoms with Gasteiger partial charge < -0.3 is 20.7 Å². The molecule has 0 saturated carbocycles. The number of anilines is 2. The number of nitrogens with zero attached hydrogens (tertiary/aromatic N) is 1. The van der Waals surface area contributed by atoms with Gasteiger partial charge in [-0.2, -0.15) is 0 Å². The molecular weight excluding hydrogens is 296 g/mol. The van der Waals surface area contributed by atoms with Gasteiger partial charge >= 0.3 is 12.1 Å². The van der Waals surface area contributed by atoms with Crippen LogP contribution >= 0.6 is 0 Å². The number of carbonyl (C=O) groups is 2. The Labute approximate surface area is 136 Å². The van der Waals surface area contributed by atoms with Crippen LogP contribution in [0.4, 0.5) is 21.0 Å². The van der Waals surface area contributed by atoms with Gasteiger partial charge in [-0.1, -0.05) is 6.07 Å². The largest absolute Gasteiger partial charge is 0.380 e. The van der Waals surface area contributed by atoms with Crippen molar-refractivity contribution in [1.29, 1.82) is 0 Å². The highest BCUT2D eigenvalue weighted by Crippen LogP contribution is 2.30. The molecule has 7 heteroatoms. The molecule has 0 aliphatic carbocycles. The van der Waals surface area contributed by atoms with E-state index in [0.717, 1.165) is 17.7 Å². The van der Waals surface area contributed by atoms with Crippen LogP contribution in [0.2, 0.25) is 0 Å². The maximum absolute atomic E-state index is 12.0. The van der Waals surface area contributed by atoms with Crippen LogP contribution in [0, 0.1) is 0 Å². The summed E-state index contributed by atoms with van der Waals surface area (Å²) in [5.41, 5.74) is 2.62. The van der Waals surface area contributed by atoms with E-state index in [0.29, 0.717) is 38.5 Å². The fraction of sp³-hybridized carbons (Fsp3) is 0.500. The molecule has 1 aromatic rings. The molecule has 0 aromatic heterocycles. The molecule has 3 N–H and O–H groups in total. The van der Waals surface area contributed by atoms with Gasteiger partial charge in [0.2, 0.25) is 0 Å². The van der Waals surface area contributed by atoms with Crippen molar-refractivity contribution < 1.29 is 14.3 Å². The van der Waals surface area contributed by atoms with Gasteiger partial charge in [0.25, 0.3) is 0 Å². The van der Waals surface area contributed by atoms with E-state index in [4.69, 9.17) is 4.74 Å². The Morgan fingerprint density at radius 1 is 1.26 bits per heavy atom. The van der Waals surface area contributed by atoms with Crippen LogP contribution in [0.1, 0.15) is 19.4 Å². The van der Waals surface area contributed by atoms with Gasteiger partial charge in [0.05, 0.1) is 12.3 Å². The lowest BCUT2D eigenvalue weighted by Gasteiger charge is -2.18. The first-order chi connectivity index (χ1) is 11.2. The fourth-order valence-corrected chi connectivity index (χ4v) is 2.47. The monoisotopic (exact) mass is 320 g/mol.